The van der Waals surface area contributed by atoms with Crippen LogP contribution >= 0.6 is 27.3 Å². The summed E-state index contributed by atoms with van der Waals surface area (Å²) >= 11 is 4.85. The van der Waals surface area contributed by atoms with Gasteiger partial charge in [-0.3, -0.25) is 0 Å². The summed E-state index contributed by atoms with van der Waals surface area (Å²) in [5.41, 5.74) is 1.52. The summed E-state index contributed by atoms with van der Waals surface area (Å²) in [4.78, 5) is 8.82. The third kappa shape index (κ3) is 2.12. The Morgan fingerprint density at radius 2 is 2.29 bits per heavy atom. The molecule has 17 heavy (non-hydrogen) atoms. The van der Waals surface area contributed by atoms with Crippen molar-refractivity contribution in [2.24, 2.45) is 0 Å². The topological polar surface area (TPSA) is 28.7 Å². The lowest BCUT2D eigenvalue weighted by Crippen LogP contribution is -1.86. The molecule has 0 aliphatic carbocycles. The standard InChI is InChI=1S/C12H8BrFN2S/c13-8-5-10-11(6-9(8)14)16-12(15-10)4-7-2-1-3-17-7/h1-3,5-6H,4H2,(H,15,16). The van der Waals surface area contributed by atoms with Gasteiger partial charge in [0.25, 0.3) is 0 Å². The molecule has 0 saturated carbocycles. The van der Waals surface area contributed by atoms with Gasteiger partial charge in [0.15, 0.2) is 0 Å². The van der Waals surface area contributed by atoms with Gasteiger partial charge < -0.3 is 4.98 Å². The monoisotopic (exact) mass is 310 g/mol. The van der Waals surface area contributed by atoms with E-state index in [9.17, 15) is 4.39 Å². The molecular formula is C12H8BrFN2S. The number of hydrogen-bond acceptors (Lipinski definition) is 2. The quantitative estimate of drug-likeness (QED) is 0.758. The second-order valence-electron chi connectivity index (χ2n) is 3.72. The molecule has 2 heterocycles. The molecule has 0 unspecified atom stereocenters. The van der Waals surface area contributed by atoms with Crippen LogP contribution in [0, 0.1) is 5.82 Å². The van der Waals surface area contributed by atoms with Crippen LogP contribution in [0.1, 0.15) is 10.7 Å². The molecule has 0 saturated heterocycles. The van der Waals surface area contributed by atoms with Gasteiger partial charge in [-0.15, -0.1) is 11.3 Å². The zero-order valence-corrected chi connectivity index (χ0v) is 11.1. The van der Waals surface area contributed by atoms with Gasteiger partial charge in [0, 0.05) is 17.4 Å². The van der Waals surface area contributed by atoms with Crippen molar-refractivity contribution in [3.8, 4) is 0 Å². The highest BCUT2D eigenvalue weighted by molar-refractivity contribution is 9.10. The molecule has 0 amide bonds. The number of thiophene rings is 1. The van der Waals surface area contributed by atoms with E-state index < -0.39 is 0 Å². The molecule has 5 heteroatoms. The normalized spacial score (nSPS) is 11.2. The van der Waals surface area contributed by atoms with E-state index in [-0.39, 0.29) is 5.82 Å². The second-order valence-corrected chi connectivity index (χ2v) is 5.61. The number of H-pyrrole nitrogens is 1. The number of benzene rings is 1. The molecule has 0 bridgehead atoms. The smallest absolute Gasteiger partial charge is 0.139 e. The van der Waals surface area contributed by atoms with Crippen LogP contribution in [0.2, 0.25) is 0 Å². The Kier molecular flexibility index (Phi) is 2.72. The minimum Gasteiger partial charge on any atom is -0.342 e. The fourth-order valence-electron chi connectivity index (χ4n) is 1.72. The number of nitrogens with zero attached hydrogens (tertiary/aromatic N) is 1. The molecule has 0 aliphatic rings. The van der Waals surface area contributed by atoms with Crippen molar-refractivity contribution in [3.05, 3.63) is 50.6 Å². The number of aromatic amines is 1. The largest absolute Gasteiger partial charge is 0.342 e. The molecule has 86 valence electrons. The van der Waals surface area contributed by atoms with Gasteiger partial charge in [-0.05, 0) is 33.4 Å². The Balaban J connectivity index is 2.02. The fraction of sp³-hybridized carbons (Fsp3) is 0.0833. The maximum absolute atomic E-state index is 13.3. The van der Waals surface area contributed by atoms with Crippen LogP contribution in [0.3, 0.4) is 0 Å². The molecule has 2 nitrogen and oxygen atoms in total. The van der Waals surface area contributed by atoms with E-state index >= 15 is 0 Å². The predicted octanol–water partition coefficient (Wildman–Crippen LogP) is 4.12. The lowest BCUT2D eigenvalue weighted by molar-refractivity contribution is 0.623. The lowest BCUT2D eigenvalue weighted by Gasteiger charge is -1.92. The Hall–Kier alpha value is -1.20. The highest BCUT2D eigenvalue weighted by atomic mass is 79.9. The Bertz CT molecular complexity index is 622. The Labute approximate surface area is 110 Å². The zero-order valence-electron chi connectivity index (χ0n) is 8.71. The molecular weight excluding hydrogens is 303 g/mol. The first-order valence-corrected chi connectivity index (χ1v) is 6.75. The molecule has 3 aromatic rings. The number of halogens is 2. The van der Waals surface area contributed by atoms with Crippen LogP contribution in [0.15, 0.2) is 34.1 Å². The second kappa shape index (κ2) is 4.23. The molecule has 1 aromatic carbocycles. The minimum absolute atomic E-state index is 0.274. The van der Waals surface area contributed by atoms with E-state index in [1.165, 1.54) is 10.9 Å². The van der Waals surface area contributed by atoms with E-state index in [1.54, 1.807) is 17.4 Å². The Morgan fingerprint density at radius 1 is 1.41 bits per heavy atom. The third-order valence-electron chi connectivity index (χ3n) is 2.49. The summed E-state index contributed by atoms with van der Waals surface area (Å²) in [5.74, 6) is 0.587. The summed E-state index contributed by atoms with van der Waals surface area (Å²) < 4.78 is 13.8. The maximum atomic E-state index is 13.3. The average Bonchev–Trinajstić information content (AvgIpc) is 2.89. The van der Waals surface area contributed by atoms with E-state index in [2.05, 4.69) is 32.0 Å². The van der Waals surface area contributed by atoms with Gasteiger partial charge in [0.05, 0.1) is 15.5 Å². The minimum atomic E-state index is -0.274. The highest BCUT2D eigenvalue weighted by Crippen LogP contribution is 2.23. The van der Waals surface area contributed by atoms with Gasteiger partial charge in [-0.1, -0.05) is 6.07 Å². The van der Waals surface area contributed by atoms with Gasteiger partial charge in [0.1, 0.15) is 11.6 Å². The zero-order chi connectivity index (χ0) is 11.8. The van der Waals surface area contributed by atoms with Gasteiger partial charge in [-0.2, -0.15) is 0 Å². The fourth-order valence-corrected chi connectivity index (χ4v) is 2.76. The average molecular weight is 311 g/mol. The number of nitrogens with one attached hydrogen (secondary N) is 1. The van der Waals surface area contributed by atoms with Crippen LogP contribution in [-0.2, 0) is 6.42 Å². The van der Waals surface area contributed by atoms with Crippen LogP contribution in [-0.4, -0.2) is 9.97 Å². The van der Waals surface area contributed by atoms with Crippen LogP contribution in [0.25, 0.3) is 11.0 Å². The van der Waals surface area contributed by atoms with Gasteiger partial charge >= 0.3 is 0 Å². The van der Waals surface area contributed by atoms with E-state index in [1.807, 2.05) is 11.4 Å². The van der Waals surface area contributed by atoms with Crippen molar-refractivity contribution in [3.63, 3.8) is 0 Å². The van der Waals surface area contributed by atoms with Gasteiger partial charge in [0.2, 0.25) is 0 Å². The number of fused-ring (bicyclic) bond motifs is 1. The van der Waals surface area contributed by atoms with E-state index in [0.717, 1.165) is 23.3 Å². The predicted molar refractivity (Wildman–Crippen MR) is 70.9 cm³/mol. The lowest BCUT2D eigenvalue weighted by atomic mass is 10.3. The van der Waals surface area contributed by atoms with Crippen LogP contribution < -0.4 is 0 Å². The summed E-state index contributed by atoms with van der Waals surface area (Å²) in [7, 11) is 0. The van der Waals surface area contributed by atoms with Crippen molar-refractivity contribution < 1.29 is 4.39 Å². The molecule has 3 rings (SSSR count). The summed E-state index contributed by atoms with van der Waals surface area (Å²) in [6.07, 6.45) is 0.756. The molecule has 1 N–H and O–H groups in total. The van der Waals surface area contributed by atoms with Crippen LogP contribution in [0.4, 0.5) is 4.39 Å². The summed E-state index contributed by atoms with van der Waals surface area (Å²) in [5, 5.41) is 2.04. The number of hydrogen-bond donors (Lipinski definition) is 1. The maximum Gasteiger partial charge on any atom is 0.139 e. The third-order valence-corrected chi connectivity index (χ3v) is 3.98. The van der Waals surface area contributed by atoms with Crippen molar-refractivity contribution in [1.29, 1.82) is 0 Å². The first-order chi connectivity index (χ1) is 8.22. The summed E-state index contributed by atoms with van der Waals surface area (Å²) in [6, 6.07) is 7.23. The summed E-state index contributed by atoms with van der Waals surface area (Å²) in [6.45, 7) is 0. The van der Waals surface area contributed by atoms with E-state index in [4.69, 9.17) is 0 Å². The van der Waals surface area contributed by atoms with Crippen molar-refractivity contribution in [2.45, 2.75) is 6.42 Å². The van der Waals surface area contributed by atoms with Crippen molar-refractivity contribution in [1.82, 2.24) is 9.97 Å². The highest BCUT2D eigenvalue weighted by Gasteiger charge is 2.08. The van der Waals surface area contributed by atoms with E-state index in [0.29, 0.717) is 4.47 Å². The molecule has 0 fully saturated rings. The van der Waals surface area contributed by atoms with Crippen molar-refractivity contribution >= 4 is 38.3 Å². The molecule has 0 radical (unpaired) electrons. The van der Waals surface area contributed by atoms with Crippen molar-refractivity contribution in [2.75, 3.05) is 0 Å². The Morgan fingerprint density at radius 3 is 3.06 bits per heavy atom. The SMILES string of the molecule is Fc1cc2[nH]c(Cc3cccs3)nc2cc1Br. The molecule has 0 spiro atoms. The first-order valence-electron chi connectivity index (χ1n) is 5.08. The van der Waals surface area contributed by atoms with Crippen LogP contribution in [0.5, 0.6) is 0 Å². The molecule has 0 atom stereocenters. The molecule has 0 aliphatic heterocycles. The number of imidazole rings is 1. The number of aromatic nitrogens is 2. The first kappa shape index (κ1) is 10.9. The molecule has 2 aromatic heterocycles. The van der Waals surface area contributed by atoms with Gasteiger partial charge in [-0.25, -0.2) is 9.37 Å². The number of rotatable bonds is 2.